The number of carboxylic acid groups (broad SMARTS) is 1. The second kappa shape index (κ2) is 4.90. The lowest BCUT2D eigenvalue weighted by molar-refractivity contribution is -0.146. The maximum atomic E-state index is 12.0. The molecule has 1 heterocycles. The van der Waals surface area contributed by atoms with Crippen LogP contribution in [0.25, 0.3) is 0 Å². The number of aliphatic carboxylic acids is 1. The van der Waals surface area contributed by atoms with Gasteiger partial charge in [-0.3, -0.25) is 14.5 Å². The molecule has 1 saturated carbocycles. The quantitative estimate of drug-likeness (QED) is 0.871. The number of nitrogens with zero attached hydrogens (tertiary/aromatic N) is 1. The number of para-hydroxylation sites is 1. The van der Waals surface area contributed by atoms with Crippen molar-refractivity contribution in [3.63, 3.8) is 0 Å². The van der Waals surface area contributed by atoms with E-state index < -0.39 is 11.4 Å². The molecule has 1 aliphatic carbocycles. The lowest BCUT2D eigenvalue weighted by atomic mass is 9.97. The number of piperidine rings is 1. The molecule has 0 radical (unpaired) electrons. The molecule has 1 amide bonds. The highest BCUT2D eigenvalue weighted by Gasteiger charge is 2.62. The zero-order valence-electron chi connectivity index (χ0n) is 11.2. The molecule has 1 aromatic rings. The van der Waals surface area contributed by atoms with Gasteiger partial charge in [0.2, 0.25) is 5.91 Å². The molecule has 5 heteroatoms. The largest absolute Gasteiger partial charge is 0.481 e. The zero-order valence-corrected chi connectivity index (χ0v) is 11.2. The number of carbonyl (C=O) groups is 2. The van der Waals surface area contributed by atoms with Gasteiger partial charge in [-0.15, -0.1) is 0 Å². The molecule has 0 spiro atoms. The Labute approximate surface area is 117 Å². The van der Waals surface area contributed by atoms with E-state index in [2.05, 4.69) is 5.32 Å². The second-order valence-electron chi connectivity index (χ2n) is 5.78. The van der Waals surface area contributed by atoms with Crippen molar-refractivity contribution in [2.24, 2.45) is 11.3 Å². The van der Waals surface area contributed by atoms with Crippen molar-refractivity contribution in [2.45, 2.75) is 12.8 Å². The van der Waals surface area contributed by atoms with E-state index in [1.54, 1.807) is 0 Å². The van der Waals surface area contributed by atoms with E-state index in [1.165, 1.54) is 0 Å². The summed E-state index contributed by atoms with van der Waals surface area (Å²) in [6, 6.07) is 9.30. The Balaban J connectivity index is 1.56. The summed E-state index contributed by atoms with van der Waals surface area (Å²) in [5, 5.41) is 12.1. The third kappa shape index (κ3) is 2.41. The first-order chi connectivity index (χ1) is 9.60. The summed E-state index contributed by atoms with van der Waals surface area (Å²) < 4.78 is 0. The Morgan fingerprint density at radius 2 is 2.10 bits per heavy atom. The van der Waals surface area contributed by atoms with Crippen molar-refractivity contribution in [3.8, 4) is 0 Å². The molecule has 3 rings (SSSR count). The molecule has 0 aromatic heterocycles. The average molecular weight is 274 g/mol. The minimum absolute atomic E-state index is 0.0872. The fourth-order valence-electron chi connectivity index (χ4n) is 3.16. The van der Waals surface area contributed by atoms with Gasteiger partial charge in [-0.25, -0.2) is 0 Å². The molecule has 1 aliphatic heterocycles. The topological polar surface area (TPSA) is 69.6 Å². The summed E-state index contributed by atoms with van der Waals surface area (Å²) in [5.74, 6) is -0.486. The Bertz CT molecular complexity index is 531. The van der Waals surface area contributed by atoms with Gasteiger partial charge in [0.1, 0.15) is 0 Å². The molecule has 1 saturated heterocycles. The van der Waals surface area contributed by atoms with Crippen LogP contribution in [-0.4, -0.2) is 41.5 Å². The van der Waals surface area contributed by atoms with Crippen LogP contribution in [0, 0.1) is 11.3 Å². The van der Waals surface area contributed by atoms with Crippen LogP contribution >= 0.6 is 0 Å². The number of likely N-dealkylation sites (tertiary alicyclic amines) is 1. The maximum absolute atomic E-state index is 12.0. The van der Waals surface area contributed by atoms with Crippen molar-refractivity contribution in [2.75, 3.05) is 25.0 Å². The van der Waals surface area contributed by atoms with Gasteiger partial charge < -0.3 is 10.4 Å². The van der Waals surface area contributed by atoms with Crippen molar-refractivity contribution in [3.05, 3.63) is 30.3 Å². The monoisotopic (exact) mass is 274 g/mol. The number of hydrogen-bond donors (Lipinski definition) is 2. The van der Waals surface area contributed by atoms with Crippen molar-refractivity contribution in [1.82, 2.24) is 4.90 Å². The molecule has 2 aliphatic rings. The van der Waals surface area contributed by atoms with Gasteiger partial charge in [-0.1, -0.05) is 18.2 Å². The average Bonchev–Trinajstić information content (AvgIpc) is 3.15. The minimum Gasteiger partial charge on any atom is -0.481 e. The van der Waals surface area contributed by atoms with Gasteiger partial charge in [0.25, 0.3) is 0 Å². The molecule has 2 atom stereocenters. The van der Waals surface area contributed by atoms with Crippen LogP contribution in [0.5, 0.6) is 0 Å². The van der Waals surface area contributed by atoms with E-state index in [0.29, 0.717) is 12.5 Å². The summed E-state index contributed by atoms with van der Waals surface area (Å²) in [6.07, 6.45) is 1.64. The summed E-state index contributed by atoms with van der Waals surface area (Å²) in [4.78, 5) is 25.2. The predicted octanol–water partition coefficient (Wildman–Crippen LogP) is 1.42. The van der Waals surface area contributed by atoms with Crippen LogP contribution in [0.3, 0.4) is 0 Å². The first-order valence-electron chi connectivity index (χ1n) is 6.91. The number of carboxylic acids is 1. The Morgan fingerprint density at radius 1 is 1.35 bits per heavy atom. The van der Waals surface area contributed by atoms with Gasteiger partial charge in [0.05, 0.1) is 12.0 Å². The van der Waals surface area contributed by atoms with Gasteiger partial charge in [0, 0.05) is 12.2 Å². The Kier molecular flexibility index (Phi) is 3.22. The number of amides is 1. The summed E-state index contributed by atoms with van der Waals surface area (Å²) >= 11 is 0. The van der Waals surface area contributed by atoms with Crippen LogP contribution in [-0.2, 0) is 9.59 Å². The van der Waals surface area contributed by atoms with E-state index in [-0.39, 0.29) is 12.5 Å². The van der Waals surface area contributed by atoms with Crippen LogP contribution in [0.15, 0.2) is 30.3 Å². The fraction of sp³-hybridized carbons (Fsp3) is 0.467. The Hall–Kier alpha value is -1.88. The number of carbonyl (C=O) groups excluding carboxylic acids is 1. The van der Waals surface area contributed by atoms with Crippen LogP contribution in [0.4, 0.5) is 5.69 Å². The number of benzene rings is 1. The van der Waals surface area contributed by atoms with Gasteiger partial charge in [0.15, 0.2) is 0 Å². The zero-order chi connectivity index (χ0) is 14.2. The molecule has 1 aromatic carbocycles. The van der Waals surface area contributed by atoms with Gasteiger partial charge >= 0.3 is 5.97 Å². The van der Waals surface area contributed by atoms with Crippen LogP contribution < -0.4 is 5.32 Å². The minimum atomic E-state index is -0.712. The highest BCUT2D eigenvalue weighted by atomic mass is 16.4. The molecule has 5 nitrogen and oxygen atoms in total. The molecular formula is C15H18N2O3. The smallest absolute Gasteiger partial charge is 0.311 e. The normalized spacial score (nSPS) is 28.5. The first kappa shape index (κ1) is 13.1. The molecular weight excluding hydrogens is 256 g/mol. The van der Waals surface area contributed by atoms with Gasteiger partial charge in [-0.2, -0.15) is 0 Å². The third-order valence-electron chi connectivity index (χ3n) is 4.38. The lowest BCUT2D eigenvalue weighted by Crippen LogP contribution is -2.44. The van der Waals surface area contributed by atoms with Crippen LogP contribution in [0.1, 0.15) is 12.8 Å². The maximum Gasteiger partial charge on any atom is 0.311 e. The molecule has 106 valence electrons. The number of anilines is 1. The fourth-order valence-corrected chi connectivity index (χ4v) is 3.16. The standard InChI is InChI=1S/C15H18N2O3/c18-13(16-12-4-2-1-3-5-12)9-17-7-6-11-8-15(11,10-17)14(19)20/h1-5,11H,6-10H2,(H,16,18)(H,19,20). The van der Waals surface area contributed by atoms with Gasteiger partial charge in [-0.05, 0) is 37.4 Å². The third-order valence-corrected chi connectivity index (χ3v) is 4.38. The number of fused-ring (bicyclic) bond motifs is 1. The highest BCUT2D eigenvalue weighted by Crippen LogP contribution is 2.57. The SMILES string of the molecule is O=C(CN1CCC2CC2(C(=O)O)C1)Nc1ccccc1. The molecule has 20 heavy (non-hydrogen) atoms. The number of rotatable bonds is 4. The molecule has 2 unspecified atom stereocenters. The number of hydrogen-bond acceptors (Lipinski definition) is 3. The van der Waals surface area contributed by atoms with E-state index >= 15 is 0 Å². The van der Waals surface area contributed by atoms with E-state index in [0.717, 1.165) is 25.1 Å². The number of nitrogens with one attached hydrogen (secondary N) is 1. The van der Waals surface area contributed by atoms with Crippen molar-refractivity contribution in [1.29, 1.82) is 0 Å². The lowest BCUT2D eigenvalue weighted by Gasteiger charge is -2.29. The van der Waals surface area contributed by atoms with Crippen molar-refractivity contribution < 1.29 is 14.7 Å². The van der Waals surface area contributed by atoms with E-state index in [4.69, 9.17) is 0 Å². The molecule has 0 bridgehead atoms. The predicted molar refractivity (Wildman–Crippen MR) is 74.3 cm³/mol. The summed E-state index contributed by atoms with van der Waals surface area (Å²) in [5.41, 5.74) is 0.192. The first-order valence-corrected chi connectivity index (χ1v) is 6.91. The summed E-state index contributed by atoms with van der Waals surface area (Å²) in [6.45, 7) is 1.56. The van der Waals surface area contributed by atoms with Crippen LogP contribution in [0.2, 0.25) is 0 Å². The second-order valence-corrected chi connectivity index (χ2v) is 5.78. The summed E-state index contributed by atoms with van der Waals surface area (Å²) in [7, 11) is 0. The van der Waals surface area contributed by atoms with Crippen molar-refractivity contribution >= 4 is 17.6 Å². The molecule has 2 N–H and O–H groups in total. The van der Waals surface area contributed by atoms with E-state index in [1.807, 2.05) is 35.2 Å². The molecule has 2 fully saturated rings. The Morgan fingerprint density at radius 3 is 2.80 bits per heavy atom. The van der Waals surface area contributed by atoms with E-state index in [9.17, 15) is 14.7 Å². The highest BCUT2D eigenvalue weighted by molar-refractivity contribution is 5.92.